The van der Waals surface area contributed by atoms with Crippen LogP contribution in [0.2, 0.25) is 0 Å². The van der Waals surface area contributed by atoms with Gasteiger partial charge in [0.15, 0.2) is 0 Å². The molecule has 1 aromatic heterocycles. The molecule has 2 aliphatic heterocycles. The van der Waals surface area contributed by atoms with Crippen molar-refractivity contribution in [2.24, 2.45) is 5.73 Å². The third-order valence-electron chi connectivity index (χ3n) is 4.59. The first-order valence-electron chi connectivity index (χ1n) is 7.52. The first-order chi connectivity index (χ1) is 9.28. The Morgan fingerprint density at radius 1 is 1.32 bits per heavy atom. The van der Waals surface area contributed by atoms with Gasteiger partial charge in [-0.25, -0.2) is 0 Å². The topological polar surface area (TPSA) is 32.5 Å². The zero-order valence-corrected chi connectivity index (χ0v) is 12.7. The largest absolute Gasteiger partial charge is 0.329 e. The Balaban J connectivity index is 1.75. The predicted octanol–water partition coefficient (Wildman–Crippen LogP) is 2.23. The third-order valence-corrected chi connectivity index (χ3v) is 5.69. The van der Waals surface area contributed by atoms with Crippen LogP contribution in [0.25, 0.3) is 0 Å². The Hall–Kier alpha value is -0.420. The quantitative estimate of drug-likeness (QED) is 0.921. The van der Waals surface area contributed by atoms with Crippen molar-refractivity contribution in [3.63, 3.8) is 0 Å². The summed E-state index contributed by atoms with van der Waals surface area (Å²) in [5.41, 5.74) is 6.08. The fourth-order valence-corrected chi connectivity index (χ4v) is 4.62. The molecule has 0 aromatic carbocycles. The van der Waals surface area contributed by atoms with Gasteiger partial charge < -0.3 is 5.73 Å². The fraction of sp³-hybridized carbons (Fsp3) is 0.733. The standard InChI is InChI=1S/C15H25N3S/c1-12-5-6-15(19-12)14(10-16)18-9-3-8-17-7-2-4-13(17)11-18/h5-6,13-14H,2-4,7-11,16H2,1H3. The zero-order chi connectivity index (χ0) is 13.2. The van der Waals surface area contributed by atoms with Crippen molar-refractivity contribution >= 4 is 11.3 Å². The molecule has 0 radical (unpaired) electrons. The number of hydrogen-bond donors (Lipinski definition) is 1. The second-order valence-corrected chi connectivity index (χ2v) is 7.20. The molecule has 2 unspecified atom stereocenters. The highest BCUT2D eigenvalue weighted by Gasteiger charge is 2.31. The van der Waals surface area contributed by atoms with E-state index in [2.05, 4.69) is 28.9 Å². The highest BCUT2D eigenvalue weighted by atomic mass is 32.1. The minimum absolute atomic E-state index is 0.430. The summed E-state index contributed by atoms with van der Waals surface area (Å²) < 4.78 is 0. The monoisotopic (exact) mass is 279 g/mol. The van der Waals surface area contributed by atoms with Crippen LogP contribution < -0.4 is 5.73 Å². The van der Waals surface area contributed by atoms with Crippen LogP contribution in [0.3, 0.4) is 0 Å². The Kier molecular flexibility index (Phi) is 4.22. The second kappa shape index (κ2) is 5.92. The number of thiophene rings is 1. The van der Waals surface area contributed by atoms with E-state index < -0.39 is 0 Å². The van der Waals surface area contributed by atoms with E-state index >= 15 is 0 Å². The molecule has 2 fully saturated rings. The van der Waals surface area contributed by atoms with Gasteiger partial charge in [-0.2, -0.15) is 0 Å². The molecule has 3 rings (SSSR count). The molecule has 0 bridgehead atoms. The molecule has 4 heteroatoms. The molecule has 0 spiro atoms. The van der Waals surface area contributed by atoms with E-state index in [-0.39, 0.29) is 0 Å². The van der Waals surface area contributed by atoms with Gasteiger partial charge in [0.05, 0.1) is 6.04 Å². The lowest BCUT2D eigenvalue weighted by Gasteiger charge is -2.31. The Labute approximate surface area is 120 Å². The van der Waals surface area contributed by atoms with Gasteiger partial charge in [0.25, 0.3) is 0 Å². The van der Waals surface area contributed by atoms with Gasteiger partial charge in [-0.3, -0.25) is 9.80 Å². The Morgan fingerprint density at radius 2 is 2.16 bits per heavy atom. The van der Waals surface area contributed by atoms with Crippen LogP contribution in [0.4, 0.5) is 0 Å². The van der Waals surface area contributed by atoms with Gasteiger partial charge in [-0.15, -0.1) is 11.3 Å². The summed E-state index contributed by atoms with van der Waals surface area (Å²) in [6.07, 6.45) is 4.04. The Bertz CT molecular complexity index is 417. The molecule has 3 heterocycles. The van der Waals surface area contributed by atoms with Gasteiger partial charge in [-0.05, 0) is 51.4 Å². The van der Waals surface area contributed by atoms with Gasteiger partial charge in [0.1, 0.15) is 0 Å². The van der Waals surface area contributed by atoms with E-state index in [9.17, 15) is 0 Å². The molecule has 0 saturated carbocycles. The smallest absolute Gasteiger partial charge is 0.0564 e. The average molecular weight is 279 g/mol. The highest BCUT2D eigenvalue weighted by Crippen LogP contribution is 2.30. The van der Waals surface area contributed by atoms with Gasteiger partial charge >= 0.3 is 0 Å². The molecule has 2 N–H and O–H groups in total. The third kappa shape index (κ3) is 2.87. The molecule has 106 valence electrons. The van der Waals surface area contributed by atoms with Crippen LogP contribution in [-0.4, -0.2) is 48.6 Å². The van der Waals surface area contributed by atoms with E-state index in [4.69, 9.17) is 5.73 Å². The maximum absolute atomic E-state index is 6.08. The van der Waals surface area contributed by atoms with E-state index in [1.807, 2.05) is 11.3 Å². The molecule has 19 heavy (non-hydrogen) atoms. The molecule has 1 aromatic rings. The van der Waals surface area contributed by atoms with Gasteiger partial charge in [0.2, 0.25) is 0 Å². The first kappa shape index (κ1) is 13.6. The first-order valence-corrected chi connectivity index (χ1v) is 8.34. The van der Waals surface area contributed by atoms with Crippen LogP contribution in [0.5, 0.6) is 0 Å². The lowest BCUT2D eigenvalue weighted by Crippen LogP contribution is -2.40. The van der Waals surface area contributed by atoms with Crippen LogP contribution in [-0.2, 0) is 0 Å². The normalized spacial score (nSPS) is 27.2. The molecule has 0 amide bonds. The summed E-state index contributed by atoms with van der Waals surface area (Å²) in [7, 11) is 0. The summed E-state index contributed by atoms with van der Waals surface area (Å²) in [6, 6.07) is 5.70. The molecular formula is C15H25N3S. The van der Waals surface area contributed by atoms with Crippen LogP contribution in [0, 0.1) is 6.92 Å². The van der Waals surface area contributed by atoms with E-state index in [1.54, 1.807) is 0 Å². The van der Waals surface area contributed by atoms with Crippen molar-refractivity contribution in [1.82, 2.24) is 9.80 Å². The molecule has 2 aliphatic rings. The van der Waals surface area contributed by atoms with Crippen molar-refractivity contribution in [1.29, 1.82) is 0 Å². The van der Waals surface area contributed by atoms with Crippen molar-refractivity contribution < 1.29 is 0 Å². The van der Waals surface area contributed by atoms with E-state index in [0.29, 0.717) is 6.04 Å². The SMILES string of the molecule is Cc1ccc(C(CN)N2CCCN3CCCC3C2)s1. The minimum atomic E-state index is 0.430. The Morgan fingerprint density at radius 3 is 2.89 bits per heavy atom. The summed E-state index contributed by atoms with van der Waals surface area (Å²) >= 11 is 1.91. The molecule has 2 saturated heterocycles. The number of nitrogens with zero attached hydrogens (tertiary/aromatic N) is 2. The predicted molar refractivity (Wildman–Crippen MR) is 81.6 cm³/mol. The van der Waals surface area contributed by atoms with Crippen molar-refractivity contribution in [3.05, 3.63) is 21.9 Å². The average Bonchev–Trinajstić information content (AvgIpc) is 2.96. The minimum Gasteiger partial charge on any atom is -0.329 e. The van der Waals surface area contributed by atoms with Crippen molar-refractivity contribution in [3.8, 4) is 0 Å². The summed E-state index contributed by atoms with van der Waals surface area (Å²) in [6.45, 7) is 7.92. The number of hydrogen-bond acceptors (Lipinski definition) is 4. The molecular weight excluding hydrogens is 254 g/mol. The number of aryl methyl sites for hydroxylation is 1. The van der Waals surface area contributed by atoms with E-state index in [0.717, 1.165) is 12.6 Å². The van der Waals surface area contributed by atoms with Crippen molar-refractivity contribution in [2.75, 3.05) is 32.7 Å². The highest BCUT2D eigenvalue weighted by molar-refractivity contribution is 7.12. The number of rotatable bonds is 3. The van der Waals surface area contributed by atoms with Crippen LogP contribution in [0.15, 0.2) is 12.1 Å². The maximum atomic E-state index is 6.08. The van der Waals surface area contributed by atoms with Crippen molar-refractivity contribution in [2.45, 2.75) is 38.3 Å². The lowest BCUT2D eigenvalue weighted by atomic mass is 10.1. The maximum Gasteiger partial charge on any atom is 0.0564 e. The molecule has 3 nitrogen and oxygen atoms in total. The van der Waals surface area contributed by atoms with Gasteiger partial charge in [0, 0.05) is 35.4 Å². The fourth-order valence-electron chi connectivity index (χ4n) is 3.60. The number of fused-ring (bicyclic) bond motifs is 1. The van der Waals surface area contributed by atoms with Crippen LogP contribution in [0.1, 0.15) is 35.1 Å². The zero-order valence-electron chi connectivity index (χ0n) is 11.8. The summed E-state index contributed by atoms with van der Waals surface area (Å²) in [4.78, 5) is 8.17. The van der Waals surface area contributed by atoms with Crippen LogP contribution >= 0.6 is 11.3 Å². The van der Waals surface area contributed by atoms with E-state index in [1.165, 1.54) is 55.2 Å². The summed E-state index contributed by atoms with van der Waals surface area (Å²) in [5, 5.41) is 0. The second-order valence-electron chi connectivity index (χ2n) is 5.88. The number of nitrogens with two attached hydrogens (primary N) is 1. The lowest BCUT2D eigenvalue weighted by molar-refractivity contribution is 0.178. The summed E-state index contributed by atoms with van der Waals surface area (Å²) in [5.74, 6) is 0. The molecule has 0 aliphatic carbocycles. The van der Waals surface area contributed by atoms with Gasteiger partial charge in [-0.1, -0.05) is 0 Å². The molecule has 2 atom stereocenters.